The van der Waals surface area contributed by atoms with E-state index in [4.69, 9.17) is 5.11 Å². The Kier molecular flexibility index (Phi) is 4.71. The van der Waals surface area contributed by atoms with Crippen molar-refractivity contribution in [2.24, 2.45) is 5.41 Å². The Morgan fingerprint density at radius 1 is 1.26 bits per heavy atom. The number of alkyl halides is 2. The Morgan fingerprint density at radius 3 is 2.47 bits per heavy atom. The minimum absolute atomic E-state index is 0.178. The minimum Gasteiger partial charge on any atom is -0.435 e. The largest absolute Gasteiger partial charge is 0.435 e. The van der Waals surface area contributed by atoms with Crippen molar-refractivity contribution >= 4 is 0 Å². The quantitative estimate of drug-likeness (QED) is 0.763. The van der Waals surface area contributed by atoms with Crippen LogP contribution in [0.25, 0.3) is 0 Å². The summed E-state index contributed by atoms with van der Waals surface area (Å²) in [6.45, 7) is -0.955. The van der Waals surface area contributed by atoms with Gasteiger partial charge in [-0.05, 0) is 42.4 Å². The molecule has 0 bridgehead atoms. The van der Waals surface area contributed by atoms with Crippen molar-refractivity contribution in [3.8, 4) is 5.75 Å². The normalized spacial score (nSPS) is 16.6. The highest BCUT2D eigenvalue weighted by atomic mass is 19.3. The first-order valence-electron chi connectivity index (χ1n) is 6.49. The maximum absolute atomic E-state index is 12.0. The first-order valence-corrected chi connectivity index (χ1v) is 6.49. The number of aliphatic hydroxyl groups is 1. The third kappa shape index (κ3) is 4.44. The van der Waals surface area contributed by atoms with Crippen LogP contribution in [0, 0.1) is 5.41 Å². The Balaban J connectivity index is 1.74. The van der Waals surface area contributed by atoms with Crippen molar-refractivity contribution < 1.29 is 18.6 Å². The number of rotatable bonds is 8. The first kappa shape index (κ1) is 14.2. The molecule has 5 heteroatoms. The van der Waals surface area contributed by atoms with Crippen LogP contribution in [0.1, 0.15) is 24.8 Å². The van der Waals surface area contributed by atoms with Crippen molar-refractivity contribution in [2.75, 3.05) is 13.2 Å². The summed E-state index contributed by atoms with van der Waals surface area (Å²) in [4.78, 5) is 0. The van der Waals surface area contributed by atoms with E-state index in [1.165, 1.54) is 12.8 Å². The van der Waals surface area contributed by atoms with E-state index in [2.05, 4.69) is 10.1 Å². The van der Waals surface area contributed by atoms with Crippen LogP contribution in [0.5, 0.6) is 5.75 Å². The highest BCUT2D eigenvalue weighted by Crippen LogP contribution is 2.47. The molecular formula is C14H19F2NO2. The second kappa shape index (κ2) is 6.30. The van der Waals surface area contributed by atoms with Gasteiger partial charge >= 0.3 is 6.61 Å². The van der Waals surface area contributed by atoms with Gasteiger partial charge in [0, 0.05) is 19.7 Å². The van der Waals surface area contributed by atoms with E-state index in [0.29, 0.717) is 6.54 Å². The van der Waals surface area contributed by atoms with Gasteiger partial charge in [0.05, 0.1) is 0 Å². The van der Waals surface area contributed by atoms with E-state index in [1.54, 1.807) is 24.3 Å². The van der Waals surface area contributed by atoms with Gasteiger partial charge in [0.25, 0.3) is 0 Å². The Bertz CT molecular complexity index is 391. The van der Waals surface area contributed by atoms with Gasteiger partial charge in [-0.3, -0.25) is 0 Å². The van der Waals surface area contributed by atoms with Gasteiger partial charge in [0.1, 0.15) is 5.75 Å². The first-order chi connectivity index (χ1) is 9.13. The van der Waals surface area contributed by atoms with Crippen molar-refractivity contribution in [3.05, 3.63) is 29.8 Å². The maximum atomic E-state index is 12.0. The van der Waals surface area contributed by atoms with Crippen LogP contribution in [0.2, 0.25) is 0 Å². The second-order valence-electron chi connectivity index (χ2n) is 5.10. The number of aliphatic hydroxyl groups excluding tert-OH is 1. The summed E-state index contributed by atoms with van der Waals surface area (Å²) in [5, 5.41) is 12.3. The van der Waals surface area contributed by atoms with Gasteiger partial charge < -0.3 is 15.2 Å². The minimum atomic E-state index is -2.78. The van der Waals surface area contributed by atoms with E-state index in [9.17, 15) is 8.78 Å². The van der Waals surface area contributed by atoms with Crippen LogP contribution < -0.4 is 10.1 Å². The van der Waals surface area contributed by atoms with Crippen molar-refractivity contribution in [1.29, 1.82) is 0 Å². The van der Waals surface area contributed by atoms with E-state index in [-0.39, 0.29) is 17.8 Å². The van der Waals surface area contributed by atoms with Gasteiger partial charge in [-0.2, -0.15) is 8.78 Å². The fourth-order valence-electron chi connectivity index (χ4n) is 2.19. The van der Waals surface area contributed by atoms with Crippen molar-refractivity contribution in [1.82, 2.24) is 5.32 Å². The third-order valence-electron chi connectivity index (χ3n) is 3.58. The predicted molar refractivity (Wildman–Crippen MR) is 68.2 cm³/mol. The number of nitrogens with one attached hydrogen (secondary N) is 1. The lowest BCUT2D eigenvalue weighted by atomic mass is 10.0. The summed E-state index contributed by atoms with van der Waals surface area (Å²) in [6, 6.07) is 6.64. The van der Waals surface area contributed by atoms with Crippen LogP contribution in [0.15, 0.2) is 24.3 Å². The van der Waals surface area contributed by atoms with Gasteiger partial charge in [-0.15, -0.1) is 0 Å². The Morgan fingerprint density at radius 2 is 1.95 bits per heavy atom. The molecule has 3 nitrogen and oxygen atoms in total. The molecule has 1 aromatic rings. The second-order valence-corrected chi connectivity index (χ2v) is 5.10. The van der Waals surface area contributed by atoms with Crippen molar-refractivity contribution in [3.63, 3.8) is 0 Å². The van der Waals surface area contributed by atoms with Crippen LogP contribution in [-0.2, 0) is 6.54 Å². The maximum Gasteiger partial charge on any atom is 0.387 e. The molecule has 19 heavy (non-hydrogen) atoms. The highest BCUT2D eigenvalue weighted by molar-refractivity contribution is 5.27. The molecule has 2 rings (SSSR count). The molecule has 0 amide bonds. The van der Waals surface area contributed by atoms with Gasteiger partial charge in [0.15, 0.2) is 0 Å². The predicted octanol–water partition coefficient (Wildman–Crippen LogP) is 2.54. The fraction of sp³-hybridized carbons (Fsp3) is 0.571. The molecule has 0 heterocycles. The SMILES string of the molecule is OCCC1(CNCc2ccc(OC(F)F)cc2)CC1. The molecule has 2 N–H and O–H groups in total. The molecule has 0 aromatic heterocycles. The average molecular weight is 271 g/mol. The molecule has 1 aliphatic rings. The van der Waals surface area contributed by atoms with Crippen LogP contribution in [0.4, 0.5) is 8.78 Å². The zero-order valence-corrected chi connectivity index (χ0v) is 10.7. The molecule has 1 saturated carbocycles. The number of benzene rings is 1. The summed E-state index contributed by atoms with van der Waals surface area (Å²) in [6.07, 6.45) is 3.19. The van der Waals surface area contributed by atoms with Crippen LogP contribution >= 0.6 is 0 Å². The summed E-state index contributed by atoms with van der Waals surface area (Å²) in [5.74, 6) is 0.178. The van der Waals surface area contributed by atoms with Gasteiger partial charge in [-0.1, -0.05) is 12.1 Å². The zero-order chi connectivity index (χ0) is 13.7. The molecule has 1 fully saturated rings. The lowest BCUT2D eigenvalue weighted by Gasteiger charge is -2.14. The molecule has 0 spiro atoms. The average Bonchev–Trinajstić information content (AvgIpc) is 3.11. The zero-order valence-electron chi connectivity index (χ0n) is 10.7. The summed E-state index contributed by atoms with van der Waals surface area (Å²) in [7, 11) is 0. The number of hydrogen-bond acceptors (Lipinski definition) is 3. The molecule has 1 aromatic carbocycles. The monoisotopic (exact) mass is 271 g/mol. The number of ether oxygens (including phenoxy) is 1. The molecule has 106 valence electrons. The van der Waals surface area contributed by atoms with E-state index in [1.807, 2.05) is 0 Å². The van der Waals surface area contributed by atoms with Gasteiger partial charge in [0.2, 0.25) is 0 Å². The van der Waals surface area contributed by atoms with Crippen LogP contribution in [0.3, 0.4) is 0 Å². The molecule has 0 aliphatic heterocycles. The topological polar surface area (TPSA) is 41.5 Å². The van der Waals surface area contributed by atoms with E-state index in [0.717, 1.165) is 18.5 Å². The summed E-state index contributed by atoms with van der Waals surface area (Å²) in [5.41, 5.74) is 1.31. The summed E-state index contributed by atoms with van der Waals surface area (Å²) >= 11 is 0. The molecule has 0 unspecified atom stereocenters. The third-order valence-corrected chi connectivity index (χ3v) is 3.58. The highest BCUT2D eigenvalue weighted by Gasteiger charge is 2.41. The summed E-state index contributed by atoms with van der Waals surface area (Å²) < 4.78 is 28.2. The Labute approximate surface area is 111 Å². The number of hydrogen-bond donors (Lipinski definition) is 2. The smallest absolute Gasteiger partial charge is 0.387 e. The molecule has 1 aliphatic carbocycles. The van der Waals surface area contributed by atoms with E-state index < -0.39 is 6.61 Å². The standard InChI is InChI=1S/C14H19F2NO2/c15-13(16)19-12-3-1-11(2-4-12)9-17-10-14(5-6-14)7-8-18/h1-4,13,17-18H,5-10H2. The number of halogens is 2. The van der Waals surface area contributed by atoms with Gasteiger partial charge in [-0.25, -0.2) is 0 Å². The Hall–Kier alpha value is -1.20. The molecular weight excluding hydrogens is 252 g/mol. The lowest BCUT2D eigenvalue weighted by molar-refractivity contribution is -0.0498. The molecule has 0 atom stereocenters. The van der Waals surface area contributed by atoms with Crippen molar-refractivity contribution in [2.45, 2.75) is 32.4 Å². The molecule has 0 radical (unpaired) electrons. The fourth-order valence-corrected chi connectivity index (χ4v) is 2.19. The lowest BCUT2D eigenvalue weighted by Crippen LogP contribution is -2.24. The molecule has 0 saturated heterocycles. The van der Waals surface area contributed by atoms with Crippen LogP contribution in [-0.4, -0.2) is 24.9 Å². The van der Waals surface area contributed by atoms with E-state index >= 15 is 0 Å².